The van der Waals surface area contributed by atoms with Crippen molar-refractivity contribution in [2.75, 3.05) is 6.73 Å². The number of hydrazone groups is 1. The van der Waals surface area contributed by atoms with E-state index >= 15 is 0 Å². The molecule has 116 valence electrons. The normalized spacial score (nSPS) is 20.4. The molecule has 2 rings (SSSR count). The molecule has 1 unspecified atom stereocenters. The van der Waals surface area contributed by atoms with Crippen LogP contribution in [0.1, 0.15) is 26.3 Å². The fourth-order valence-electron chi connectivity index (χ4n) is 2.04. The van der Waals surface area contributed by atoms with Crippen molar-refractivity contribution in [1.29, 1.82) is 0 Å². The van der Waals surface area contributed by atoms with Crippen LogP contribution in [0.4, 0.5) is 13.2 Å². The van der Waals surface area contributed by atoms with E-state index in [0.717, 1.165) is 5.56 Å². The van der Waals surface area contributed by atoms with Crippen molar-refractivity contribution >= 4 is 5.71 Å². The number of ether oxygens (including phenoxy) is 1. The molecule has 1 aromatic rings. The standard InChI is InChI=1S/C15H19F3N2O/c1-14(2,3)20-10-21-13(15(16,17)18)12(19-20)9-11-7-5-4-6-8-11/h4-8,13H,9-10H2,1-3H3. The summed E-state index contributed by atoms with van der Waals surface area (Å²) in [5, 5.41) is 5.75. The highest BCUT2D eigenvalue weighted by molar-refractivity contribution is 5.91. The fourth-order valence-corrected chi connectivity index (χ4v) is 2.04. The zero-order valence-electron chi connectivity index (χ0n) is 12.3. The highest BCUT2D eigenvalue weighted by Gasteiger charge is 2.47. The molecule has 0 amide bonds. The fraction of sp³-hybridized carbons (Fsp3) is 0.533. The molecule has 0 saturated heterocycles. The summed E-state index contributed by atoms with van der Waals surface area (Å²) in [5.41, 5.74) is 0.387. The number of halogens is 3. The minimum atomic E-state index is -4.45. The van der Waals surface area contributed by atoms with E-state index in [2.05, 4.69) is 5.10 Å². The first-order valence-corrected chi connectivity index (χ1v) is 6.75. The van der Waals surface area contributed by atoms with Crippen LogP contribution in [0, 0.1) is 0 Å². The first-order valence-electron chi connectivity index (χ1n) is 6.75. The molecule has 1 atom stereocenters. The first kappa shape index (κ1) is 15.8. The van der Waals surface area contributed by atoms with Crippen LogP contribution in [0.25, 0.3) is 0 Å². The molecular formula is C15H19F3N2O. The number of rotatable bonds is 2. The van der Waals surface area contributed by atoms with E-state index in [0.29, 0.717) is 0 Å². The van der Waals surface area contributed by atoms with Gasteiger partial charge in [-0.15, -0.1) is 0 Å². The predicted molar refractivity (Wildman–Crippen MR) is 75.0 cm³/mol. The Hall–Kier alpha value is -1.56. The van der Waals surface area contributed by atoms with E-state index < -0.39 is 17.8 Å². The maximum absolute atomic E-state index is 13.1. The molecule has 0 N–H and O–H groups in total. The van der Waals surface area contributed by atoms with Crippen molar-refractivity contribution < 1.29 is 17.9 Å². The van der Waals surface area contributed by atoms with Gasteiger partial charge in [0.1, 0.15) is 6.73 Å². The third kappa shape index (κ3) is 3.97. The third-order valence-corrected chi connectivity index (χ3v) is 3.21. The summed E-state index contributed by atoms with van der Waals surface area (Å²) in [6.07, 6.45) is -6.26. The van der Waals surface area contributed by atoms with Crippen molar-refractivity contribution in [2.45, 2.75) is 45.0 Å². The van der Waals surface area contributed by atoms with E-state index in [4.69, 9.17) is 4.74 Å². The van der Waals surface area contributed by atoms with Crippen LogP contribution in [-0.4, -0.2) is 35.3 Å². The summed E-state index contributed by atoms with van der Waals surface area (Å²) in [6.45, 7) is 5.49. The van der Waals surface area contributed by atoms with Crippen LogP contribution >= 0.6 is 0 Å². The van der Waals surface area contributed by atoms with Crippen LogP contribution in [0.5, 0.6) is 0 Å². The van der Waals surface area contributed by atoms with E-state index in [-0.39, 0.29) is 18.9 Å². The van der Waals surface area contributed by atoms with Crippen molar-refractivity contribution in [1.82, 2.24) is 5.01 Å². The Morgan fingerprint density at radius 1 is 1.19 bits per heavy atom. The maximum Gasteiger partial charge on any atom is 0.420 e. The summed E-state index contributed by atoms with van der Waals surface area (Å²) in [5.74, 6) is 0. The Morgan fingerprint density at radius 2 is 1.81 bits per heavy atom. The zero-order chi connectivity index (χ0) is 15.7. The summed E-state index contributed by atoms with van der Waals surface area (Å²) >= 11 is 0. The largest absolute Gasteiger partial charge is 0.420 e. The maximum atomic E-state index is 13.1. The van der Waals surface area contributed by atoms with Gasteiger partial charge in [0.2, 0.25) is 0 Å². The van der Waals surface area contributed by atoms with Gasteiger partial charge in [-0.1, -0.05) is 30.3 Å². The predicted octanol–water partition coefficient (Wildman–Crippen LogP) is 3.60. The molecule has 3 nitrogen and oxygen atoms in total. The number of nitrogens with zero attached hydrogens (tertiary/aromatic N) is 2. The number of alkyl halides is 3. The highest BCUT2D eigenvalue weighted by atomic mass is 19.4. The molecule has 1 aromatic carbocycles. The van der Waals surface area contributed by atoms with Gasteiger partial charge in [0.15, 0.2) is 6.10 Å². The summed E-state index contributed by atoms with van der Waals surface area (Å²) < 4.78 is 44.3. The second-order valence-corrected chi connectivity index (χ2v) is 6.04. The summed E-state index contributed by atoms with van der Waals surface area (Å²) in [7, 11) is 0. The van der Waals surface area contributed by atoms with Gasteiger partial charge >= 0.3 is 6.18 Å². The smallest absolute Gasteiger partial charge is 0.341 e. The number of hydrogen-bond donors (Lipinski definition) is 0. The van der Waals surface area contributed by atoms with Gasteiger partial charge in [-0.3, -0.25) is 5.01 Å². The van der Waals surface area contributed by atoms with E-state index in [1.54, 1.807) is 29.3 Å². The van der Waals surface area contributed by atoms with Gasteiger partial charge in [-0.25, -0.2) is 0 Å². The van der Waals surface area contributed by atoms with E-state index in [1.807, 2.05) is 26.8 Å². The Labute approximate surface area is 122 Å². The van der Waals surface area contributed by atoms with Crippen LogP contribution in [-0.2, 0) is 11.2 Å². The molecule has 1 aliphatic rings. The van der Waals surface area contributed by atoms with Gasteiger partial charge in [-0.05, 0) is 26.3 Å². The Kier molecular flexibility index (Phi) is 4.27. The van der Waals surface area contributed by atoms with Gasteiger partial charge in [0.25, 0.3) is 0 Å². The van der Waals surface area contributed by atoms with Crippen molar-refractivity contribution in [3.63, 3.8) is 0 Å². The minimum absolute atomic E-state index is 0.00475. The number of hydrogen-bond acceptors (Lipinski definition) is 3. The lowest BCUT2D eigenvalue weighted by Gasteiger charge is -2.39. The molecule has 1 heterocycles. The lowest BCUT2D eigenvalue weighted by Crippen LogP contribution is -2.51. The van der Waals surface area contributed by atoms with Crippen LogP contribution in [0.2, 0.25) is 0 Å². The molecule has 0 fully saturated rings. The summed E-state index contributed by atoms with van der Waals surface area (Å²) in [4.78, 5) is 0. The lowest BCUT2D eigenvalue weighted by atomic mass is 10.0. The van der Waals surface area contributed by atoms with Crippen molar-refractivity contribution in [3.8, 4) is 0 Å². The molecular weight excluding hydrogens is 281 g/mol. The molecule has 0 bridgehead atoms. The topological polar surface area (TPSA) is 24.8 Å². The van der Waals surface area contributed by atoms with Gasteiger partial charge < -0.3 is 4.74 Å². The number of benzene rings is 1. The first-order chi connectivity index (χ1) is 9.68. The Bertz CT molecular complexity index is 506. The van der Waals surface area contributed by atoms with Crippen molar-refractivity contribution in [3.05, 3.63) is 35.9 Å². The van der Waals surface area contributed by atoms with Crippen LogP contribution in [0.15, 0.2) is 35.4 Å². The van der Waals surface area contributed by atoms with Gasteiger partial charge in [-0.2, -0.15) is 18.3 Å². The monoisotopic (exact) mass is 300 g/mol. The SMILES string of the molecule is CC(C)(C)N1COC(C(F)(F)F)C(Cc2ccccc2)=N1. The van der Waals surface area contributed by atoms with Gasteiger partial charge in [0.05, 0.1) is 11.3 Å². The summed E-state index contributed by atoms with van der Waals surface area (Å²) in [6, 6.07) is 8.98. The van der Waals surface area contributed by atoms with Gasteiger partial charge in [0, 0.05) is 6.42 Å². The van der Waals surface area contributed by atoms with E-state index in [1.165, 1.54) is 0 Å². The molecule has 0 aromatic heterocycles. The molecule has 1 aliphatic heterocycles. The molecule has 6 heteroatoms. The van der Waals surface area contributed by atoms with Crippen molar-refractivity contribution in [2.24, 2.45) is 5.10 Å². The highest BCUT2D eigenvalue weighted by Crippen LogP contribution is 2.30. The van der Waals surface area contributed by atoms with Crippen LogP contribution in [0.3, 0.4) is 0 Å². The Balaban J connectivity index is 2.30. The Morgan fingerprint density at radius 3 is 2.33 bits per heavy atom. The molecule has 0 spiro atoms. The average Bonchev–Trinajstić information content (AvgIpc) is 2.37. The molecule has 0 saturated carbocycles. The quantitative estimate of drug-likeness (QED) is 0.833. The van der Waals surface area contributed by atoms with E-state index in [9.17, 15) is 13.2 Å². The minimum Gasteiger partial charge on any atom is -0.341 e. The molecule has 0 aliphatic carbocycles. The second-order valence-electron chi connectivity index (χ2n) is 6.04. The van der Waals surface area contributed by atoms with Crippen LogP contribution < -0.4 is 0 Å². The zero-order valence-corrected chi connectivity index (χ0v) is 12.3. The third-order valence-electron chi connectivity index (χ3n) is 3.21. The molecule has 21 heavy (non-hydrogen) atoms. The lowest BCUT2D eigenvalue weighted by molar-refractivity contribution is -0.217. The molecule has 0 radical (unpaired) electrons. The average molecular weight is 300 g/mol. The second kappa shape index (κ2) is 5.67.